The minimum atomic E-state index is 0.859. The molecule has 0 aliphatic heterocycles. The highest BCUT2D eigenvalue weighted by Crippen LogP contribution is 2.24. The van der Waals surface area contributed by atoms with Crippen molar-refractivity contribution >= 4 is 17.3 Å². The Morgan fingerprint density at radius 3 is 2.65 bits per heavy atom. The molecule has 1 N–H and O–H groups in total. The van der Waals surface area contributed by atoms with Gasteiger partial charge in [-0.2, -0.15) is 0 Å². The smallest absolute Gasteiger partial charge is 0.138 e. The fourth-order valence-corrected chi connectivity index (χ4v) is 2.09. The molecule has 0 radical (unpaired) electrons. The number of nitrogens with zero attached hydrogens (tertiary/aromatic N) is 3. The number of rotatable bonds is 5. The fourth-order valence-electron chi connectivity index (χ4n) is 2.09. The third-order valence-corrected chi connectivity index (χ3v) is 3.22. The maximum atomic E-state index is 4.65. The molecule has 20 heavy (non-hydrogen) atoms. The van der Waals surface area contributed by atoms with E-state index in [1.54, 1.807) is 0 Å². The lowest BCUT2D eigenvalue weighted by atomic mass is 10.2. The van der Waals surface area contributed by atoms with Crippen LogP contribution < -0.4 is 10.2 Å². The van der Waals surface area contributed by atoms with Crippen molar-refractivity contribution in [1.29, 1.82) is 0 Å². The molecular formula is C16H22N4. The molecule has 4 nitrogen and oxygen atoms in total. The second kappa shape index (κ2) is 6.37. The van der Waals surface area contributed by atoms with Crippen molar-refractivity contribution in [1.82, 2.24) is 9.97 Å². The highest BCUT2D eigenvalue weighted by Gasteiger charge is 2.09. The molecule has 1 aromatic heterocycles. The molecule has 1 heterocycles. The van der Waals surface area contributed by atoms with Crippen LogP contribution >= 0.6 is 0 Å². The van der Waals surface area contributed by atoms with Crippen LogP contribution in [0, 0.1) is 6.92 Å². The number of nitrogens with one attached hydrogen (secondary N) is 1. The van der Waals surface area contributed by atoms with Crippen LogP contribution in [0.25, 0.3) is 0 Å². The molecule has 0 aliphatic carbocycles. The van der Waals surface area contributed by atoms with Crippen molar-refractivity contribution in [3.63, 3.8) is 0 Å². The second-order valence-corrected chi connectivity index (χ2v) is 4.93. The van der Waals surface area contributed by atoms with Crippen LogP contribution in [0.15, 0.2) is 30.3 Å². The van der Waals surface area contributed by atoms with Crippen LogP contribution in [0.1, 0.15) is 24.7 Å². The van der Waals surface area contributed by atoms with E-state index in [1.165, 1.54) is 5.56 Å². The van der Waals surface area contributed by atoms with Crippen molar-refractivity contribution in [3.05, 3.63) is 41.7 Å². The molecule has 2 rings (SSSR count). The second-order valence-electron chi connectivity index (χ2n) is 4.93. The molecule has 2 aromatic rings. The van der Waals surface area contributed by atoms with Crippen LogP contribution in [0.4, 0.5) is 17.3 Å². The van der Waals surface area contributed by atoms with E-state index in [-0.39, 0.29) is 0 Å². The van der Waals surface area contributed by atoms with Crippen LogP contribution in [0.2, 0.25) is 0 Å². The summed E-state index contributed by atoms with van der Waals surface area (Å²) in [7, 11) is 3.92. The van der Waals surface area contributed by atoms with Gasteiger partial charge in [0.15, 0.2) is 0 Å². The van der Waals surface area contributed by atoms with Gasteiger partial charge in [-0.15, -0.1) is 0 Å². The van der Waals surface area contributed by atoms with Gasteiger partial charge in [0.1, 0.15) is 17.5 Å². The summed E-state index contributed by atoms with van der Waals surface area (Å²) in [6.45, 7) is 4.23. The number of benzene rings is 1. The van der Waals surface area contributed by atoms with Gasteiger partial charge in [-0.1, -0.05) is 19.1 Å². The van der Waals surface area contributed by atoms with Gasteiger partial charge in [-0.3, -0.25) is 0 Å². The standard InChI is InChI=1S/C16H22N4/c1-5-7-14-18-15(17-3)11-16(19-14)20(4)13-9-6-8-12(2)10-13/h6,8-11H,5,7H2,1-4H3,(H,17,18,19). The SMILES string of the molecule is CCCc1nc(NC)cc(N(C)c2cccc(C)c2)n1. The monoisotopic (exact) mass is 270 g/mol. The highest BCUT2D eigenvalue weighted by atomic mass is 15.2. The predicted molar refractivity (Wildman–Crippen MR) is 84.8 cm³/mol. The van der Waals surface area contributed by atoms with Gasteiger partial charge < -0.3 is 10.2 Å². The first kappa shape index (κ1) is 14.3. The Balaban J connectivity index is 2.37. The van der Waals surface area contributed by atoms with E-state index < -0.39 is 0 Å². The van der Waals surface area contributed by atoms with Crippen molar-refractivity contribution in [2.45, 2.75) is 26.7 Å². The zero-order valence-electron chi connectivity index (χ0n) is 12.6. The average Bonchev–Trinajstić information content (AvgIpc) is 2.46. The van der Waals surface area contributed by atoms with E-state index in [4.69, 9.17) is 0 Å². The summed E-state index contributed by atoms with van der Waals surface area (Å²) >= 11 is 0. The lowest BCUT2D eigenvalue weighted by Crippen LogP contribution is -2.14. The zero-order valence-corrected chi connectivity index (χ0v) is 12.6. The van der Waals surface area contributed by atoms with E-state index in [2.05, 4.69) is 58.3 Å². The summed E-state index contributed by atoms with van der Waals surface area (Å²) in [5.74, 6) is 2.66. The lowest BCUT2D eigenvalue weighted by Gasteiger charge is -2.20. The van der Waals surface area contributed by atoms with Gasteiger partial charge >= 0.3 is 0 Å². The van der Waals surface area contributed by atoms with Gasteiger partial charge in [0.2, 0.25) is 0 Å². The molecule has 106 valence electrons. The molecule has 4 heteroatoms. The first-order valence-electron chi connectivity index (χ1n) is 7.00. The van der Waals surface area contributed by atoms with Crippen LogP contribution in [0.5, 0.6) is 0 Å². The summed E-state index contributed by atoms with van der Waals surface area (Å²) in [5, 5.41) is 3.11. The Morgan fingerprint density at radius 2 is 2.00 bits per heavy atom. The number of hydrogen-bond donors (Lipinski definition) is 1. The largest absolute Gasteiger partial charge is 0.373 e. The zero-order chi connectivity index (χ0) is 14.5. The molecule has 0 bridgehead atoms. The minimum absolute atomic E-state index is 0.859. The van der Waals surface area contributed by atoms with Crippen LogP contribution in [-0.4, -0.2) is 24.1 Å². The van der Waals surface area contributed by atoms with Crippen LogP contribution in [0.3, 0.4) is 0 Å². The maximum Gasteiger partial charge on any atom is 0.138 e. The highest BCUT2D eigenvalue weighted by molar-refractivity contribution is 5.62. The topological polar surface area (TPSA) is 41.1 Å². The van der Waals surface area contributed by atoms with E-state index in [0.717, 1.165) is 36.0 Å². The minimum Gasteiger partial charge on any atom is -0.373 e. The molecule has 1 aromatic carbocycles. The Hall–Kier alpha value is -2.10. The molecule has 0 aliphatic rings. The van der Waals surface area contributed by atoms with Gasteiger partial charge in [-0.05, 0) is 31.0 Å². The Bertz CT molecular complexity index is 580. The third kappa shape index (κ3) is 3.26. The lowest BCUT2D eigenvalue weighted by molar-refractivity contribution is 0.832. The van der Waals surface area contributed by atoms with Crippen molar-refractivity contribution in [2.24, 2.45) is 0 Å². The summed E-state index contributed by atoms with van der Waals surface area (Å²) in [4.78, 5) is 11.2. The molecule has 0 saturated heterocycles. The molecule has 0 saturated carbocycles. The van der Waals surface area contributed by atoms with E-state index in [0.29, 0.717) is 0 Å². The quantitative estimate of drug-likeness (QED) is 0.902. The van der Waals surface area contributed by atoms with Crippen molar-refractivity contribution < 1.29 is 0 Å². The summed E-state index contributed by atoms with van der Waals surface area (Å²) < 4.78 is 0. The Labute approximate surface area is 120 Å². The normalized spacial score (nSPS) is 10.4. The summed E-state index contributed by atoms with van der Waals surface area (Å²) in [6, 6.07) is 10.4. The molecule has 0 spiro atoms. The number of aryl methyl sites for hydroxylation is 2. The molecule has 0 fully saturated rings. The summed E-state index contributed by atoms with van der Waals surface area (Å²) in [6.07, 6.45) is 1.94. The molecule has 0 atom stereocenters. The molecular weight excluding hydrogens is 248 g/mol. The van der Waals surface area contributed by atoms with Gasteiger partial charge in [0.25, 0.3) is 0 Å². The molecule has 0 amide bonds. The van der Waals surface area contributed by atoms with Gasteiger partial charge in [0, 0.05) is 32.3 Å². The van der Waals surface area contributed by atoms with Crippen LogP contribution in [-0.2, 0) is 6.42 Å². The van der Waals surface area contributed by atoms with E-state index >= 15 is 0 Å². The number of aromatic nitrogens is 2. The van der Waals surface area contributed by atoms with Crippen molar-refractivity contribution in [3.8, 4) is 0 Å². The Morgan fingerprint density at radius 1 is 1.20 bits per heavy atom. The molecule has 0 unspecified atom stereocenters. The summed E-state index contributed by atoms with van der Waals surface area (Å²) in [5.41, 5.74) is 2.37. The Kier molecular flexibility index (Phi) is 4.56. The number of hydrogen-bond acceptors (Lipinski definition) is 4. The number of anilines is 3. The maximum absolute atomic E-state index is 4.65. The fraction of sp³-hybridized carbons (Fsp3) is 0.375. The van der Waals surface area contributed by atoms with Crippen molar-refractivity contribution in [2.75, 3.05) is 24.3 Å². The average molecular weight is 270 g/mol. The van der Waals surface area contributed by atoms with E-state index in [9.17, 15) is 0 Å². The first-order valence-corrected chi connectivity index (χ1v) is 7.00. The first-order chi connectivity index (χ1) is 9.63. The third-order valence-electron chi connectivity index (χ3n) is 3.22. The van der Waals surface area contributed by atoms with E-state index in [1.807, 2.05) is 20.2 Å². The van der Waals surface area contributed by atoms with Gasteiger partial charge in [-0.25, -0.2) is 9.97 Å². The van der Waals surface area contributed by atoms with Gasteiger partial charge in [0.05, 0.1) is 0 Å². The predicted octanol–water partition coefficient (Wildman–Crippen LogP) is 3.55.